The van der Waals surface area contributed by atoms with E-state index in [0.717, 1.165) is 16.9 Å². The molecule has 1 amide bonds. The number of rotatable bonds is 2. The van der Waals surface area contributed by atoms with E-state index in [1.807, 2.05) is 41.1 Å². The van der Waals surface area contributed by atoms with Gasteiger partial charge in [0.05, 0.1) is 11.8 Å². The van der Waals surface area contributed by atoms with Crippen LogP contribution in [0.25, 0.3) is 5.65 Å². The summed E-state index contributed by atoms with van der Waals surface area (Å²) in [6.45, 7) is 0. The van der Waals surface area contributed by atoms with Crippen LogP contribution in [0.1, 0.15) is 5.56 Å². The zero-order valence-corrected chi connectivity index (χ0v) is 11.1. The zero-order chi connectivity index (χ0) is 14.4. The summed E-state index contributed by atoms with van der Waals surface area (Å²) >= 11 is 0. The number of carbonyl (C=O) groups is 1. The van der Waals surface area contributed by atoms with E-state index in [-0.39, 0.29) is 12.0 Å². The van der Waals surface area contributed by atoms with Crippen LogP contribution in [0.15, 0.2) is 59.6 Å². The van der Waals surface area contributed by atoms with Crippen LogP contribution < -0.4 is 11.2 Å². The second-order valence-corrected chi connectivity index (χ2v) is 5.13. The third-order valence-corrected chi connectivity index (χ3v) is 3.85. The third-order valence-electron chi connectivity index (χ3n) is 3.85. The Morgan fingerprint density at radius 2 is 2.29 bits per heavy atom. The van der Waals surface area contributed by atoms with E-state index in [9.17, 15) is 4.79 Å². The van der Waals surface area contributed by atoms with Crippen molar-refractivity contribution in [3.8, 4) is 0 Å². The average Bonchev–Trinajstić information content (AvgIpc) is 3.12. The number of fused-ring (bicyclic) bond motifs is 2. The van der Waals surface area contributed by atoms with Gasteiger partial charge in [-0.05, 0) is 12.1 Å². The minimum absolute atomic E-state index is 0.0125. The van der Waals surface area contributed by atoms with Crippen molar-refractivity contribution in [1.29, 1.82) is 0 Å². The summed E-state index contributed by atoms with van der Waals surface area (Å²) in [4.78, 5) is 15.6. The molecule has 0 aromatic carbocycles. The standard InChI is InChI=1S/C15H13N5O/c16-15(21)9-1-3-12-11(7-9)14(19-18-12)10-2-4-13-17-5-6-20(13)8-10/h1-8,11-12,18H,(H2,16,21). The van der Waals surface area contributed by atoms with Crippen molar-refractivity contribution < 1.29 is 4.79 Å². The second kappa shape index (κ2) is 4.31. The SMILES string of the molecule is NC(=O)C1=CC2C(c3ccc4nccn4c3)=NNC2C=C1. The lowest BCUT2D eigenvalue weighted by Gasteiger charge is -2.19. The summed E-state index contributed by atoms with van der Waals surface area (Å²) in [5.74, 6) is -0.403. The predicted molar refractivity (Wildman–Crippen MR) is 78.6 cm³/mol. The molecule has 0 spiro atoms. The molecule has 2 aromatic heterocycles. The van der Waals surface area contributed by atoms with Gasteiger partial charge in [-0.15, -0.1) is 0 Å². The molecule has 0 saturated carbocycles. The van der Waals surface area contributed by atoms with Crippen molar-refractivity contribution in [2.45, 2.75) is 6.04 Å². The second-order valence-electron chi connectivity index (χ2n) is 5.13. The monoisotopic (exact) mass is 279 g/mol. The number of hydrogen-bond acceptors (Lipinski definition) is 4. The molecule has 2 aliphatic rings. The molecule has 4 rings (SSSR count). The molecule has 1 aliphatic carbocycles. The maximum Gasteiger partial charge on any atom is 0.248 e. The van der Waals surface area contributed by atoms with Gasteiger partial charge in [0.1, 0.15) is 5.65 Å². The molecule has 104 valence electrons. The van der Waals surface area contributed by atoms with Gasteiger partial charge in [0, 0.05) is 35.6 Å². The molecule has 3 heterocycles. The molecule has 2 atom stereocenters. The van der Waals surface area contributed by atoms with Gasteiger partial charge in [0.2, 0.25) is 5.91 Å². The van der Waals surface area contributed by atoms with Crippen LogP contribution in [0.5, 0.6) is 0 Å². The first kappa shape index (κ1) is 11.9. The van der Waals surface area contributed by atoms with Crippen LogP contribution in [0.4, 0.5) is 0 Å². The number of pyridine rings is 1. The summed E-state index contributed by atoms with van der Waals surface area (Å²) in [6.07, 6.45) is 11.2. The molecule has 21 heavy (non-hydrogen) atoms. The van der Waals surface area contributed by atoms with Crippen LogP contribution in [-0.2, 0) is 4.79 Å². The Labute approximate surface area is 120 Å². The van der Waals surface area contributed by atoms with Gasteiger partial charge in [-0.2, -0.15) is 5.10 Å². The lowest BCUT2D eigenvalue weighted by atomic mass is 9.86. The maximum absolute atomic E-state index is 11.4. The third kappa shape index (κ3) is 1.84. The van der Waals surface area contributed by atoms with E-state index in [1.165, 1.54) is 0 Å². The van der Waals surface area contributed by atoms with E-state index in [1.54, 1.807) is 12.3 Å². The number of amides is 1. The molecule has 2 aromatic rings. The first-order valence-electron chi connectivity index (χ1n) is 6.68. The van der Waals surface area contributed by atoms with E-state index in [2.05, 4.69) is 15.5 Å². The highest BCUT2D eigenvalue weighted by molar-refractivity contribution is 6.06. The van der Waals surface area contributed by atoms with Crippen LogP contribution in [0.2, 0.25) is 0 Å². The fourth-order valence-electron chi connectivity index (χ4n) is 2.76. The molecule has 0 radical (unpaired) electrons. The number of imidazole rings is 1. The lowest BCUT2D eigenvalue weighted by Crippen LogP contribution is -2.30. The van der Waals surface area contributed by atoms with Gasteiger partial charge in [0.15, 0.2) is 0 Å². The molecule has 1 aliphatic heterocycles. The van der Waals surface area contributed by atoms with Gasteiger partial charge in [-0.25, -0.2) is 4.98 Å². The van der Waals surface area contributed by atoms with E-state index in [4.69, 9.17) is 5.73 Å². The number of hydrazone groups is 1. The van der Waals surface area contributed by atoms with Gasteiger partial charge < -0.3 is 15.6 Å². The highest BCUT2D eigenvalue weighted by Crippen LogP contribution is 2.26. The van der Waals surface area contributed by atoms with Gasteiger partial charge in [-0.3, -0.25) is 4.79 Å². The molecule has 2 unspecified atom stereocenters. The summed E-state index contributed by atoms with van der Waals surface area (Å²) in [6, 6.07) is 4.01. The molecule has 0 fully saturated rings. The van der Waals surface area contributed by atoms with Crippen LogP contribution >= 0.6 is 0 Å². The van der Waals surface area contributed by atoms with Crippen molar-refractivity contribution in [3.05, 3.63) is 60.1 Å². The predicted octanol–water partition coefficient (Wildman–Crippen LogP) is 0.608. The van der Waals surface area contributed by atoms with Crippen LogP contribution in [0, 0.1) is 5.92 Å². The van der Waals surface area contributed by atoms with Gasteiger partial charge in [0.25, 0.3) is 0 Å². The van der Waals surface area contributed by atoms with Crippen LogP contribution in [-0.4, -0.2) is 27.0 Å². The molecule has 3 N–H and O–H groups in total. The normalized spacial score (nSPS) is 23.4. The fraction of sp³-hybridized carbons (Fsp3) is 0.133. The summed E-state index contributed by atoms with van der Waals surface area (Å²) in [5, 5.41) is 4.42. The number of aromatic nitrogens is 2. The molecule has 0 bridgehead atoms. The minimum atomic E-state index is -0.416. The van der Waals surface area contributed by atoms with E-state index >= 15 is 0 Å². The highest BCUT2D eigenvalue weighted by atomic mass is 16.1. The van der Waals surface area contributed by atoms with Gasteiger partial charge in [-0.1, -0.05) is 18.2 Å². The Morgan fingerprint density at radius 1 is 1.38 bits per heavy atom. The quantitative estimate of drug-likeness (QED) is 0.844. The molecular weight excluding hydrogens is 266 g/mol. The molecular formula is C15H13N5O. The Morgan fingerprint density at radius 3 is 3.14 bits per heavy atom. The van der Waals surface area contributed by atoms with Crippen molar-refractivity contribution in [1.82, 2.24) is 14.8 Å². The van der Waals surface area contributed by atoms with Crippen molar-refractivity contribution >= 4 is 17.3 Å². The first-order valence-corrected chi connectivity index (χ1v) is 6.68. The summed E-state index contributed by atoms with van der Waals surface area (Å²) in [7, 11) is 0. The van der Waals surface area contributed by atoms with Crippen LogP contribution in [0.3, 0.4) is 0 Å². The summed E-state index contributed by atoms with van der Waals surface area (Å²) in [5.41, 5.74) is 11.8. The first-order chi connectivity index (χ1) is 10.2. The smallest absolute Gasteiger partial charge is 0.248 e. The molecule has 0 saturated heterocycles. The largest absolute Gasteiger partial charge is 0.366 e. The van der Waals surface area contributed by atoms with E-state index in [0.29, 0.717) is 5.57 Å². The highest BCUT2D eigenvalue weighted by Gasteiger charge is 2.32. The number of nitrogens with zero attached hydrogens (tertiary/aromatic N) is 3. The Kier molecular flexibility index (Phi) is 2.44. The molecule has 6 nitrogen and oxygen atoms in total. The number of nitrogens with one attached hydrogen (secondary N) is 1. The average molecular weight is 279 g/mol. The topological polar surface area (TPSA) is 84.8 Å². The van der Waals surface area contributed by atoms with Gasteiger partial charge >= 0.3 is 0 Å². The van der Waals surface area contributed by atoms with Crippen molar-refractivity contribution in [3.63, 3.8) is 0 Å². The zero-order valence-electron chi connectivity index (χ0n) is 11.1. The van der Waals surface area contributed by atoms with Crippen molar-refractivity contribution in [2.75, 3.05) is 0 Å². The number of primary amides is 1. The Bertz CT molecular complexity index is 829. The van der Waals surface area contributed by atoms with E-state index < -0.39 is 5.91 Å². The number of hydrogen-bond donors (Lipinski definition) is 2. The Balaban J connectivity index is 1.75. The minimum Gasteiger partial charge on any atom is -0.366 e. The van der Waals surface area contributed by atoms with Crippen molar-refractivity contribution in [2.24, 2.45) is 16.8 Å². The lowest BCUT2D eigenvalue weighted by molar-refractivity contribution is -0.114. The summed E-state index contributed by atoms with van der Waals surface area (Å²) < 4.78 is 1.95. The number of nitrogens with two attached hydrogens (primary N) is 1. The Hall–Kier alpha value is -2.89. The maximum atomic E-state index is 11.4. The fourth-order valence-corrected chi connectivity index (χ4v) is 2.76. The molecule has 6 heteroatoms. The number of carbonyl (C=O) groups excluding carboxylic acids is 1.